The Kier molecular flexibility index (Phi) is 6.17. The fourth-order valence-corrected chi connectivity index (χ4v) is 2.94. The van der Waals surface area contributed by atoms with Crippen LogP contribution < -0.4 is 14.8 Å². The maximum absolute atomic E-state index is 12.2. The van der Waals surface area contributed by atoms with Gasteiger partial charge >= 0.3 is 0 Å². The summed E-state index contributed by atoms with van der Waals surface area (Å²) in [6.45, 7) is 4.25. The molecular formula is C18H22N2O4S. The first-order chi connectivity index (χ1) is 11.8. The lowest BCUT2D eigenvalue weighted by molar-refractivity contribution is 0.0950. The summed E-state index contributed by atoms with van der Waals surface area (Å²) in [6, 6.07) is 13.3. The van der Waals surface area contributed by atoms with Gasteiger partial charge in [-0.05, 0) is 56.8 Å². The Hall–Kier alpha value is -2.38. The van der Waals surface area contributed by atoms with E-state index < -0.39 is 10.0 Å². The summed E-state index contributed by atoms with van der Waals surface area (Å²) >= 11 is 0. The van der Waals surface area contributed by atoms with E-state index in [2.05, 4.69) is 10.0 Å². The van der Waals surface area contributed by atoms with Gasteiger partial charge in [0, 0.05) is 12.1 Å². The lowest BCUT2D eigenvalue weighted by Crippen LogP contribution is -2.24. The number of carbonyl (C=O) groups is 1. The standard InChI is InChI=1S/C18H22N2O4S/c1-13(2)24-16-9-7-14(8-10-16)12-20-18(21)15-5-4-6-17(11-15)25(22,23)19-3/h4-11,13,19H,12H2,1-3H3,(H,20,21). The maximum Gasteiger partial charge on any atom is 0.251 e. The Labute approximate surface area is 148 Å². The third-order valence-electron chi connectivity index (χ3n) is 3.42. The number of ether oxygens (including phenoxy) is 1. The summed E-state index contributed by atoms with van der Waals surface area (Å²) in [5.41, 5.74) is 1.21. The average molecular weight is 362 g/mol. The van der Waals surface area contributed by atoms with Crippen LogP contribution in [0.5, 0.6) is 5.75 Å². The van der Waals surface area contributed by atoms with E-state index in [4.69, 9.17) is 4.74 Å². The monoisotopic (exact) mass is 362 g/mol. The van der Waals surface area contributed by atoms with E-state index in [1.165, 1.54) is 25.2 Å². The van der Waals surface area contributed by atoms with Crippen molar-refractivity contribution in [3.63, 3.8) is 0 Å². The molecule has 2 rings (SSSR count). The lowest BCUT2D eigenvalue weighted by Gasteiger charge is -2.11. The number of benzene rings is 2. The molecule has 2 aromatic rings. The van der Waals surface area contributed by atoms with E-state index in [0.29, 0.717) is 6.54 Å². The highest BCUT2D eigenvalue weighted by Gasteiger charge is 2.14. The molecule has 0 bridgehead atoms. The van der Waals surface area contributed by atoms with Crippen molar-refractivity contribution in [1.82, 2.24) is 10.0 Å². The molecule has 0 heterocycles. The number of sulfonamides is 1. The lowest BCUT2D eigenvalue weighted by atomic mass is 10.2. The molecule has 6 nitrogen and oxygen atoms in total. The highest BCUT2D eigenvalue weighted by atomic mass is 32.2. The molecule has 0 unspecified atom stereocenters. The van der Waals surface area contributed by atoms with E-state index in [-0.39, 0.29) is 22.5 Å². The van der Waals surface area contributed by atoms with Crippen molar-refractivity contribution in [2.24, 2.45) is 0 Å². The van der Waals surface area contributed by atoms with Gasteiger partial charge < -0.3 is 10.1 Å². The van der Waals surface area contributed by atoms with Crippen LogP contribution in [0.2, 0.25) is 0 Å². The highest BCUT2D eigenvalue weighted by Crippen LogP contribution is 2.14. The second kappa shape index (κ2) is 8.13. The van der Waals surface area contributed by atoms with Crippen LogP contribution in [0, 0.1) is 0 Å². The number of amides is 1. The minimum Gasteiger partial charge on any atom is -0.491 e. The predicted octanol–water partition coefficient (Wildman–Crippen LogP) is 2.31. The molecule has 7 heteroatoms. The smallest absolute Gasteiger partial charge is 0.251 e. The second-order valence-corrected chi connectivity index (χ2v) is 7.62. The van der Waals surface area contributed by atoms with E-state index in [9.17, 15) is 13.2 Å². The number of carbonyl (C=O) groups excluding carboxylic acids is 1. The fourth-order valence-electron chi connectivity index (χ4n) is 2.16. The summed E-state index contributed by atoms with van der Waals surface area (Å²) in [5, 5.41) is 2.78. The summed E-state index contributed by atoms with van der Waals surface area (Å²) in [4.78, 5) is 12.3. The Morgan fingerprint density at radius 2 is 1.80 bits per heavy atom. The first kappa shape index (κ1) is 19.0. The number of hydrogen-bond donors (Lipinski definition) is 2. The normalized spacial score (nSPS) is 11.4. The molecule has 0 atom stereocenters. The van der Waals surface area contributed by atoms with Crippen LogP contribution in [0.4, 0.5) is 0 Å². The Balaban J connectivity index is 2.02. The minimum absolute atomic E-state index is 0.0536. The molecule has 0 aliphatic heterocycles. The van der Waals surface area contributed by atoms with Gasteiger partial charge in [0.2, 0.25) is 10.0 Å². The van der Waals surface area contributed by atoms with Gasteiger partial charge in [0.25, 0.3) is 5.91 Å². The van der Waals surface area contributed by atoms with Crippen LogP contribution in [0.3, 0.4) is 0 Å². The predicted molar refractivity (Wildman–Crippen MR) is 96.1 cm³/mol. The van der Waals surface area contributed by atoms with Crippen molar-refractivity contribution >= 4 is 15.9 Å². The Morgan fingerprint density at radius 1 is 1.12 bits per heavy atom. The molecule has 0 aromatic heterocycles. The molecule has 0 radical (unpaired) electrons. The first-order valence-electron chi connectivity index (χ1n) is 7.89. The molecule has 0 saturated carbocycles. The van der Waals surface area contributed by atoms with Crippen molar-refractivity contribution in [3.05, 3.63) is 59.7 Å². The first-order valence-corrected chi connectivity index (χ1v) is 9.37. The van der Waals surface area contributed by atoms with E-state index in [1.807, 2.05) is 38.1 Å². The quantitative estimate of drug-likeness (QED) is 0.792. The molecule has 0 fully saturated rings. The van der Waals surface area contributed by atoms with Crippen LogP contribution in [-0.2, 0) is 16.6 Å². The molecule has 0 aliphatic rings. The van der Waals surface area contributed by atoms with Crippen LogP contribution in [-0.4, -0.2) is 27.5 Å². The molecular weight excluding hydrogens is 340 g/mol. The van der Waals surface area contributed by atoms with Gasteiger partial charge in [-0.15, -0.1) is 0 Å². The summed E-state index contributed by atoms with van der Waals surface area (Å²) in [7, 11) is -2.25. The van der Waals surface area contributed by atoms with Crippen molar-refractivity contribution in [3.8, 4) is 5.75 Å². The zero-order valence-corrected chi connectivity index (χ0v) is 15.3. The van der Waals surface area contributed by atoms with Gasteiger partial charge in [0.1, 0.15) is 5.75 Å². The zero-order valence-electron chi connectivity index (χ0n) is 14.4. The Bertz CT molecular complexity index is 830. The largest absolute Gasteiger partial charge is 0.491 e. The van der Waals surface area contributed by atoms with E-state index in [1.54, 1.807) is 6.07 Å². The molecule has 2 N–H and O–H groups in total. The molecule has 0 spiro atoms. The van der Waals surface area contributed by atoms with E-state index in [0.717, 1.165) is 11.3 Å². The van der Waals surface area contributed by atoms with Gasteiger partial charge in [-0.1, -0.05) is 18.2 Å². The highest BCUT2D eigenvalue weighted by molar-refractivity contribution is 7.89. The SMILES string of the molecule is CNS(=O)(=O)c1cccc(C(=O)NCc2ccc(OC(C)C)cc2)c1. The van der Waals surface area contributed by atoms with Gasteiger partial charge in [-0.3, -0.25) is 4.79 Å². The van der Waals surface area contributed by atoms with Crippen molar-refractivity contribution in [1.29, 1.82) is 0 Å². The maximum atomic E-state index is 12.2. The zero-order chi connectivity index (χ0) is 18.4. The second-order valence-electron chi connectivity index (χ2n) is 5.73. The van der Waals surface area contributed by atoms with Crippen molar-refractivity contribution in [2.45, 2.75) is 31.4 Å². The molecule has 0 saturated heterocycles. The third-order valence-corrected chi connectivity index (χ3v) is 4.84. The van der Waals surface area contributed by atoms with Crippen LogP contribution in [0.15, 0.2) is 53.4 Å². The average Bonchev–Trinajstić information content (AvgIpc) is 2.60. The number of hydrogen-bond acceptors (Lipinski definition) is 4. The van der Waals surface area contributed by atoms with Crippen LogP contribution >= 0.6 is 0 Å². The van der Waals surface area contributed by atoms with Crippen molar-refractivity contribution in [2.75, 3.05) is 7.05 Å². The third kappa shape index (κ3) is 5.30. The van der Waals surface area contributed by atoms with Crippen molar-refractivity contribution < 1.29 is 17.9 Å². The van der Waals surface area contributed by atoms with Gasteiger partial charge in [-0.25, -0.2) is 13.1 Å². The fraction of sp³-hybridized carbons (Fsp3) is 0.278. The topological polar surface area (TPSA) is 84.5 Å². The van der Waals surface area contributed by atoms with Gasteiger partial charge in [0.15, 0.2) is 0 Å². The van der Waals surface area contributed by atoms with Gasteiger partial charge in [-0.2, -0.15) is 0 Å². The number of rotatable bonds is 7. The minimum atomic E-state index is -3.58. The molecule has 25 heavy (non-hydrogen) atoms. The number of nitrogens with one attached hydrogen (secondary N) is 2. The Morgan fingerprint density at radius 3 is 2.40 bits per heavy atom. The van der Waals surface area contributed by atoms with E-state index >= 15 is 0 Å². The molecule has 0 aliphatic carbocycles. The summed E-state index contributed by atoms with van der Waals surface area (Å²) in [6.07, 6.45) is 0.103. The van der Waals surface area contributed by atoms with Gasteiger partial charge in [0.05, 0.1) is 11.0 Å². The molecule has 2 aromatic carbocycles. The molecule has 1 amide bonds. The van der Waals surface area contributed by atoms with Crippen LogP contribution in [0.1, 0.15) is 29.8 Å². The summed E-state index contributed by atoms with van der Waals surface area (Å²) in [5.74, 6) is 0.436. The summed E-state index contributed by atoms with van der Waals surface area (Å²) < 4.78 is 31.4. The molecule has 134 valence electrons. The van der Waals surface area contributed by atoms with Crippen LogP contribution in [0.25, 0.3) is 0 Å².